The molecule has 0 saturated heterocycles. The van der Waals surface area contributed by atoms with Gasteiger partial charge in [-0.3, -0.25) is 4.79 Å². The fourth-order valence-electron chi connectivity index (χ4n) is 3.12. The number of aromatic nitrogens is 4. The highest BCUT2D eigenvalue weighted by atomic mass is 16.5. The van der Waals surface area contributed by atoms with Gasteiger partial charge in [-0.1, -0.05) is 0 Å². The van der Waals surface area contributed by atoms with Gasteiger partial charge in [0.25, 0.3) is 5.91 Å². The number of hydrogen-bond donors (Lipinski definition) is 1. The molecule has 0 bridgehead atoms. The molecule has 8 nitrogen and oxygen atoms in total. The molecule has 0 unspecified atom stereocenters. The van der Waals surface area contributed by atoms with E-state index in [0.29, 0.717) is 40.2 Å². The van der Waals surface area contributed by atoms with Crippen molar-refractivity contribution in [2.24, 2.45) is 0 Å². The molecular weight excluding hydrogens is 382 g/mol. The van der Waals surface area contributed by atoms with E-state index in [0.717, 1.165) is 11.4 Å². The normalized spacial score (nSPS) is 10.8. The summed E-state index contributed by atoms with van der Waals surface area (Å²) in [5.74, 6) is 2.64. The molecule has 1 aromatic carbocycles. The number of carbonyl (C=O) groups excluding carboxylic acids is 1. The number of ether oxygens (including phenoxy) is 1. The largest absolute Gasteiger partial charge is 0.466 e. The van der Waals surface area contributed by atoms with Crippen LogP contribution in [0.15, 0.2) is 52.9 Å². The maximum atomic E-state index is 12.4. The Bertz CT molecular complexity index is 1190. The summed E-state index contributed by atoms with van der Waals surface area (Å²) < 4.78 is 12.9. The minimum absolute atomic E-state index is 0.219. The molecule has 152 valence electrons. The maximum Gasteiger partial charge on any atom is 0.259 e. The third-order valence-electron chi connectivity index (χ3n) is 4.47. The Morgan fingerprint density at radius 3 is 2.33 bits per heavy atom. The number of benzene rings is 1. The lowest BCUT2D eigenvalue weighted by Gasteiger charge is -2.08. The zero-order valence-corrected chi connectivity index (χ0v) is 17.1. The van der Waals surface area contributed by atoms with Gasteiger partial charge in [0.2, 0.25) is 5.88 Å². The molecule has 0 aliphatic heterocycles. The van der Waals surface area contributed by atoms with Crippen molar-refractivity contribution in [2.75, 3.05) is 5.32 Å². The van der Waals surface area contributed by atoms with Gasteiger partial charge in [-0.25, -0.2) is 4.68 Å². The van der Waals surface area contributed by atoms with Crippen LogP contribution in [0.5, 0.6) is 11.6 Å². The SMILES string of the molecule is Cc1cc(C)n(-c2ccc(Oc3ccc(NC(=O)c4cc(C)oc4C)cc3)nn2)n1. The molecule has 4 rings (SSSR count). The minimum atomic E-state index is -0.219. The summed E-state index contributed by atoms with van der Waals surface area (Å²) in [5, 5.41) is 15.5. The predicted octanol–water partition coefficient (Wildman–Crippen LogP) is 4.53. The van der Waals surface area contributed by atoms with Crippen LogP contribution in [0.3, 0.4) is 0 Å². The first-order valence-corrected chi connectivity index (χ1v) is 9.43. The van der Waals surface area contributed by atoms with Gasteiger partial charge >= 0.3 is 0 Å². The van der Waals surface area contributed by atoms with E-state index in [9.17, 15) is 4.79 Å². The van der Waals surface area contributed by atoms with Crippen LogP contribution in [0.2, 0.25) is 0 Å². The van der Waals surface area contributed by atoms with E-state index >= 15 is 0 Å². The van der Waals surface area contributed by atoms with E-state index in [1.165, 1.54) is 0 Å². The number of carbonyl (C=O) groups is 1. The highest BCUT2D eigenvalue weighted by Crippen LogP contribution is 2.23. The van der Waals surface area contributed by atoms with Gasteiger partial charge in [0, 0.05) is 17.4 Å². The van der Waals surface area contributed by atoms with E-state index in [1.54, 1.807) is 54.1 Å². The molecule has 1 N–H and O–H groups in total. The summed E-state index contributed by atoms with van der Waals surface area (Å²) in [6.07, 6.45) is 0. The van der Waals surface area contributed by atoms with Crippen LogP contribution in [-0.2, 0) is 0 Å². The zero-order valence-electron chi connectivity index (χ0n) is 17.1. The second kappa shape index (κ2) is 7.82. The van der Waals surface area contributed by atoms with Gasteiger partial charge < -0.3 is 14.5 Å². The average Bonchev–Trinajstić information content (AvgIpc) is 3.24. The van der Waals surface area contributed by atoms with Crippen LogP contribution in [-0.4, -0.2) is 25.9 Å². The molecule has 0 fully saturated rings. The van der Waals surface area contributed by atoms with Crippen LogP contribution in [0.4, 0.5) is 5.69 Å². The number of nitrogens with zero attached hydrogens (tertiary/aromatic N) is 4. The minimum Gasteiger partial charge on any atom is -0.466 e. The zero-order chi connectivity index (χ0) is 21.3. The lowest BCUT2D eigenvalue weighted by Crippen LogP contribution is -2.11. The monoisotopic (exact) mass is 403 g/mol. The lowest BCUT2D eigenvalue weighted by atomic mass is 10.2. The van der Waals surface area contributed by atoms with Crippen molar-refractivity contribution in [2.45, 2.75) is 27.7 Å². The van der Waals surface area contributed by atoms with Crippen molar-refractivity contribution in [3.05, 3.63) is 77.0 Å². The maximum absolute atomic E-state index is 12.4. The van der Waals surface area contributed by atoms with Crippen molar-refractivity contribution in [1.29, 1.82) is 0 Å². The highest BCUT2D eigenvalue weighted by Gasteiger charge is 2.13. The number of aryl methyl sites for hydroxylation is 4. The van der Waals surface area contributed by atoms with E-state index in [1.807, 2.05) is 26.8 Å². The summed E-state index contributed by atoms with van der Waals surface area (Å²) in [4.78, 5) is 12.4. The Morgan fingerprint density at radius 2 is 1.77 bits per heavy atom. The van der Waals surface area contributed by atoms with Crippen molar-refractivity contribution < 1.29 is 13.9 Å². The number of nitrogens with one attached hydrogen (secondary N) is 1. The number of amides is 1. The third-order valence-corrected chi connectivity index (χ3v) is 4.47. The Kier molecular flexibility index (Phi) is 5.05. The molecule has 3 heterocycles. The first-order valence-electron chi connectivity index (χ1n) is 9.43. The van der Waals surface area contributed by atoms with Gasteiger partial charge in [0.15, 0.2) is 5.82 Å². The quantitative estimate of drug-likeness (QED) is 0.526. The summed E-state index contributed by atoms with van der Waals surface area (Å²) in [6.45, 7) is 7.46. The molecule has 8 heteroatoms. The lowest BCUT2D eigenvalue weighted by molar-refractivity contribution is 0.102. The molecule has 0 atom stereocenters. The summed E-state index contributed by atoms with van der Waals surface area (Å²) in [5.41, 5.74) is 3.07. The van der Waals surface area contributed by atoms with Crippen LogP contribution in [0.25, 0.3) is 5.82 Å². The smallest absolute Gasteiger partial charge is 0.259 e. The standard InChI is InChI=1S/C22H21N5O3/c1-13-11-14(2)27(26-13)20-9-10-21(25-24-20)30-18-7-5-17(6-8-18)23-22(28)19-12-15(3)29-16(19)4/h5-12H,1-4H3,(H,23,28). The van der Waals surface area contributed by atoms with Crippen molar-refractivity contribution in [3.63, 3.8) is 0 Å². The van der Waals surface area contributed by atoms with E-state index < -0.39 is 0 Å². The number of furan rings is 1. The van der Waals surface area contributed by atoms with Gasteiger partial charge in [-0.05, 0) is 70.2 Å². The number of rotatable bonds is 5. The molecule has 0 radical (unpaired) electrons. The van der Waals surface area contributed by atoms with Crippen LogP contribution in [0.1, 0.15) is 33.3 Å². The Hall–Kier alpha value is -3.94. The Morgan fingerprint density at radius 1 is 1.00 bits per heavy atom. The van der Waals surface area contributed by atoms with Gasteiger partial charge in [-0.2, -0.15) is 5.10 Å². The van der Waals surface area contributed by atoms with Crippen molar-refractivity contribution >= 4 is 11.6 Å². The van der Waals surface area contributed by atoms with Crippen LogP contribution in [0, 0.1) is 27.7 Å². The first-order chi connectivity index (χ1) is 14.4. The van der Waals surface area contributed by atoms with Gasteiger partial charge in [0.1, 0.15) is 17.3 Å². The molecule has 30 heavy (non-hydrogen) atoms. The third kappa shape index (κ3) is 4.07. The number of hydrogen-bond acceptors (Lipinski definition) is 6. The van der Waals surface area contributed by atoms with E-state index in [4.69, 9.17) is 9.15 Å². The van der Waals surface area contributed by atoms with E-state index in [-0.39, 0.29) is 5.91 Å². The average molecular weight is 403 g/mol. The summed E-state index contributed by atoms with van der Waals surface area (Å²) in [7, 11) is 0. The fourth-order valence-corrected chi connectivity index (χ4v) is 3.12. The Balaban J connectivity index is 1.41. The predicted molar refractivity (Wildman–Crippen MR) is 111 cm³/mol. The topological polar surface area (TPSA) is 95.1 Å². The molecule has 0 aliphatic rings. The molecule has 0 spiro atoms. The number of anilines is 1. The summed E-state index contributed by atoms with van der Waals surface area (Å²) >= 11 is 0. The molecule has 0 saturated carbocycles. The van der Waals surface area contributed by atoms with Crippen molar-refractivity contribution in [3.8, 4) is 17.4 Å². The molecule has 0 aliphatic carbocycles. The van der Waals surface area contributed by atoms with Crippen LogP contribution >= 0.6 is 0 Å². The van der Waals surface area contributed by atoms with Crippen LogP contribution < -0.4 is 10.1 Å². The highest BCUT2D eigenvalue weighted by molar-refractivity contribution is 6.05. The second-order valence-electron chi connectivity index (χ2n) is 6.98. The molecule has 1 amide bonds. The van der Waals surface area contributed by atoms with Gasteiger partial charge in [0.05, 0.1) is 11.3 Å². The summed E-state index contributed by atoms with van der Waals surface area (Å²) in [6, 6.07) is 14.2. The molecule has 3 aromatic heterocycles. The first kappa shape index (κ1) is 19.4. The van der Waals surface area contributed by atoms with E-state index in [2.05, 4.69) is 20.6 Å². The molecule has 4 aromatic rings. The van der Waals surface area contributed by atoms with Gasteiger partial charge in [-0.15, -0.1) is 10.2 Å². The second-order valence-corrected chi connectivity index (χ2v) is 6.98. The molecular formula is C22H21N5O3. The fraction of sp³-hybridized carbons (Fsp3) is 0.182. The van der Waals surface area contributed by atoms with Crippen molar-refractivity contribution in [1.82, 2.24) is 20.0 Å². The Labute approximate surface area is 173 Å².